The zero-order chi connectivity index (χ0) is 20.7. The minimum absolute atomic E-state index is 0.116. The molecule has 0 fully saturated rings. The van der Waals surface area contributed by atoms with Crippen LogP contribution in [-0.4, -0.2) is 47.7 Å². The molecule has 1 atom stereocenters. The van der Waals surface area contributed by atoms with Gasteiger partial charge in [-0.1, -0.05) is 18.2 Å². The maximum atomic E-state index is 13.0. The average molecular weight is 418 g/mol. The Balaban J connectivity index is 1.75. The maximum Gasteiger partial charge on any atom is 0.435 e. The number of hydrogen-bond acceptors (Lipinski definition) is 4. The largest absolute Gasteiger partial charge is 0.435 e. The standard InChI is InChI=1S/C17H21F3N4O3S/c1-23(2)28(26,27)22-15-6-12-4-3-11(5-13(12)7-15)8-24-9-14(10-25)16(21-24)17(18,19)20/h3-5,9,15,22,25H,6-8,10H2,1-2H3. The van der Waals surface area contributed by atoms with Crippen LogP contribution in [0.2, 0.25) is 0 Å². The van der Waals surface area contributed by atoms with Crippen molar-refractivity contribution in [3.63, 3.8) is 0 Å². The van der Waals surface area contributed by atoms with E-state index in [1.165, 1.54) is 20.3 Å². The second kappa shape index (κ2) is 7.47. The molecule has 1 heterocycles. The van der Waals surface area contributed by atoms with Gasteiger partial charge in [0.05, 0.1) is 13.2 Å². The van der Waals surface area contributed by atoms with Crippen LogP contribution in [0.4, 0.5) is 13.2 Å². The maximum absolute atomic E-state index is 13.0. The number of aromatic nitrogens is 2. The Bertz CT molecular complexity index is 971. The van der Waals surface area contributed by atoms with Gasteiger partial charge in [-0.3, -0.25) is 4.68 Å². The van der Waals surface area contributed by atoms with E-state index in [-0.39, 0.29) is 18.2 Å². The van der Waals surface area contributed by atoms with Crippen LogP contribution in [0.1, 0.15) is 27.9 Å². The second-order valence-corrected chi connectivity index (χ2v) is 8.89. The molecular formula is C17H21F3N4O3S. The van der Waals surface area contributed by atoms with Crippen LogP contribution in [-0.2, 0) is 42.4 Å². The molecule has 1 aliphatic rings. The molecule has 28 heavy (non-hydrogen) atoms. The predicted molar refractivity (Wildman–Crippen MR) is 95.6 cm³/mol. The first-order chi connectivity index (χ1) is 13.0. The van der Waals surface area contributed by atoms with Gasteiger partial charge in [-0.05, 0) is 29.5 Å². The molecule has 1 unspecified atom stereocenters. The molecule has 7 nitrogen and oxygen atoms in total. The van der Waals surface area contributed by atoms with Crippen LogP contribution >= 0.6 is 0 Å². The van der Waals surface area contributed by atoms with Gasteiger partial charge in [0.2, 0.25) is 0 Å². The predicted octanol–water partition coefficient (Wildman–Crippen LogP) is 1.31. The minimum atomic E-state index is -4.63. The highest BCUT2D eigenvalue weighted by Crippen LogP contribution is 2.31. The van der Waals surface area contributed by atoms with Crippen molar-refractivity contribution in [3.8, 4) is 0 Å². The highest BCUT2D eigenvalue weighted by molar-refractivity contribution is 7.87. The van der Waals surface area contributed by atoms with E-state index < -0.39 is 28.7 Å². The lowest BCUT2D eigenvalue weighted by Crippen LogP contribution is -2.42. The van der Waals surface area contributed by atoms with Gasteiger partial charge in [-0.15, -0.1) is 0 Å². The van der Waals surface area contributed by atoms with E-state index in [2.05, 4.69) is 9.82 Å². The summed E-state index contributed by atoms with van der Waals surface area (Å²) in [6.45, 7) is -0.628. The molecule has 3 rings (SSSR count). The van der Waals surface area contributed by atoms with E-state index >= 15 is 0 Å². The molecule has 1 aromatic heterocycles. The van der Waals surface area contributed by atoms with Crippen molar-refractivity contribution >= 4 is 10.2 Å². The van der Waals surface area contributed by atoms with Gasteiger partial charge >= 0.3 is 6.18 Å². The minimum Gasteiger partial charge on any atom is -0.392 e. The number of benzene rings is 1. The average Bonchev–Trinajstić information content (AvgIpc) is 3.16. The van der Waals surface area contributed by atoms with Crippen LogP contribution in [0.15, 0.2) is 24.4 Å². The summed E-state index contributed by atoms with van der Waals surface area (Å²) in [5, 5.41) is 12.7. The number of rotatable bonds is 6. The summed E-state index contributed by atoms with van der Waals surface area (Å²) in [5.41, 5.74) is 1.34. The van der Waals surface area contributed by atoms with E-state index in [9.17, 15) is 21.6 Å². The molecule has 154 valence electrons. The lowest BCUT2D eigenvalue weighted by Gasteiger charge is -2.16. The van der Waals surface area contributed by atoms with Gasteiger partial charge in [0.25, 0.3) is 10.2 Å². The van der Waals surface area contributed by atoms with E-state index in [4.69, 9.17) is 5.11 Å². The van der Waals surface area contributed by atoms with Crippen molar-refractivity contribution in [2.45, 2.75) is 38.2 Å². The molecule has 2 aromatic rings. The van der Waals surface area contributed by atoms with Crippen molar-refractivity contribution in [2.75, 3.05) is 14.1 Å². The van der Waals surface area contributed by atoms with E-state index in [1.54, 1.807) is 6.07 Å². The number of hydrogen-bond donors (Lipinski definition) is 2. The number of alkyl halides is 3. The van der Waals surface area contributed by atoms with E-state index in [0.717, 1.165) is 25.7 Å². The fourth-order valence-electron chi connectivity index (χ4n) is 3.25. The summed E-state index contributed by atoms with van der Waals surface area (Å²) < 4.78 is 67.7. The summed E-state index contributed by atoms with van der Waals surface area (Å²) >= 11 is 0. The molecule has 0 aliphatic heterocycles. The first-order valence-corrected chi connectivity index (χ1v) is 9.98. The topological polar surface area (TPSA) is 87.5 Å². The molecule has 1 aliphatic carbocycles. The van der Waals surface area contributed by atoms with E-state index in [1.807, 2.05) is 12.1 Å². The number of nitrogens with zero attached hydrogens (tertiary/aromatic N) is 3. The Labute approximate surface area is 161 Å². The summed E-state index contributed by atoms with van der Waals surface area (Å²) in [5.74, 6) is 0. The number of halogens is 3. The first-order valence-electron chi connectivity index (χ1n) is 8.54. The molecule has 0 saturated carbocycles. The summed E-state index contributed by atoms with van der Waals surface area (Å²) in [6, 6.07) is 5.23. The Morgan fingerprint density at radius 2 is 1.96 bits per heavy atom. The molecule has 0 spiro atoms. The van der Waals surface area contributed by atoms with Crippen molar-refractivity contribution in [2.24, 2.45) is 0 Å². The highest BCUT2D eigenvalue weighted by Gasteiger charge is 2.37. The van der Waals surface area contributed by atoms with Gasteiger partial charge in [0.1, 0.15) is 0 Å². The summed E-state index contributed by atoms with van der Waals surface area (Å²) in [6.07, 6.45) is -2.38. The normalized spacial score (nSPS) is 17.3. The number of fused-ring (bicyclic) bond motifs is 1. The number of aliphatic hydroxyl groups excluding tert-OH is 1. The Kier molecular flexibility index (Phi) is 5.54. The van der Waals surface area contributed by atoms with Gasteiger partial charge in [0, 0.05) is 31.9 Å². The first kappa shape index (κ1) is 20.8. The van der Waals surface area contributed by atoms with Crippen LogP contribution in [0.25, 0.3) is 0 Å². The molecule has 0 amide bonds. The van der Waals surface area contributed by atoms with Crippen LogP contribution in [0, 0.1) is 0 Å². The second-order valence-electron chi connectivity index (χ2n) is 6.97. The Morgan fingerprint density at radius 1 is 1.29 bits per heavy atom. The van der Waals surface area contributed by atoms with Crippen molar-refractivity contribution in [1.82, 2.24) is 18.8 Å². The van der Waals surface area contributed by atoms with Crippen molar-refractivity contribution in [3.05, 3.63) is 52.3 Å². The molecule has 2 N–H and O–H groups in total. The van der Waals surface area contributed by atoms with E-state index in [0.29, 0.717) is 12.8 Å². The van der Waals surface area contributed by atoms with Crippen LogP contribution in [0.5, 0.6) is 0 Å². The van der Waals surface area contributed by atoms with Gasteiger partial charge < -0.3 is 5.11 Å². The Morgan fingerprint density at radius 3 is 2.54 bits per heavy atom. The quantitative estimate of drug-likeness (QED) is 0.741. The third-order valence-corrected chi connectivity index (χ3v) is 6.21. The molecule has 11 heteroatoms. The smallest absolute Gasteiger partial charge is 0.392 e. The molecule has 0 radical (unpaired) electrons. The SMILES string of the molecule is CN(C)S(=O)(=O)NC1Cc2ccc(Cn3cc(CO)c(C(F)(F)F)n3)cc2C1. The van der Waals surface area contributed by atoms with Crippen molar-refractivity contribution in [1.29, 1.82) is 0 Å². The van der Waals surface area contributed by atoms with Gasteiger partial charge in [-0.2, -0.15) is 35.7 Å². The molecular weight excluding hydrogens is 397 g/mol. The number of nitrogens with one attached hydrogen (secondary N) is 1. The third-order valence-electron chi connectivity index (χ3n) is 4.62. The lowest BCUT2D eigenvalue weighted by atomic mass is 10.1. The van der Waals surface area contributed by atoms with Gasteiger partial charge in [0.15, 0.2) is 5.69 Å². The van der Waals surface area contributed by atoms with Crippen LogP contribution in [0.3, 0.4) is 0 Å². The Hall–Kier alpha value is -1.95. The molecule has 0 bridgehead atoms. The monoisotopic (exact) mass is 418 g/mol. The zero-order valence-corrected chi connectivity index (χ0v) is 16.2. The summed E-state index contributed by atoms with van der Waals surface area (Å²) in [7, 11) is -0.644. The zero-order valence-electron chi connectivity index (χ0n) is 15.4. The van der Waals surface area contributed by atoms with Crippen LogP contribution < -0.4 is 4.72 Å². The third kappa shape index (κ3) is 4.37. The fraction of sp³-hybridized carbons (Fsp3) is 0.471. The lowest BCUT2D eigenvalue weighted by molar-refractivity contribution is -0.142. The molecule has 1 aromatic carbocycles. The van der Waals surface area contributed by atoms with Crippen molar-refractivity contribution < 1.29 is 26.7 Å². The number of aliphatic hydroxyl groups is 1. The fourth-order valence-corrected chi connectivity index (χ4v) is 4.05. The molecule has 0 saturated heterocycles. The van der Waals surface area contributed by atoms with Gasteiger partial charge in [-0.25, -0.2) is 0 Å². The highest BCUT2D eigenvalue weighted by atomic mass is 32.2. The summed E-state index contributed by atoms with van der Waals surface area (Å²) in [4.78, 5) is 0.